The first-order chi connectivity index (χ1) is 7.13. The van der Waals surface area contributed by atoms with Crippen molar-refractivity contribution in [3.8, 4) is 0 Å². The van der Waals surface area contributed by atoms with Crippen LogP contribution in [0.2, 0.25) is 0 Å². The lowest BCUT2D eigenvalue weighted by atomic mass is 10.0. The molecule has 0 unspecified atom stereocenters. The van der Waals surface area contributed by atoms with E-state index in [2.05, 4.69) is 13.8 Å². The van der Waals surface area contributed by atoms with Crippen LogP contribution < -0.4 is 0 Å². The van der Waals surface area contributed by atoms with Crippen LogP contribution in [0.3, 0.4) is 0 Å². The molecule has 0 aliphatic carbocycles. The summed E-state index contributed by atoms with van der Waals surface area (Å²) in [5.41, 5.74) is 0. The molecule has 2 nitrogen and oxygen atoms in total. The highest BCUT2D eigenvalue weighted by molar-refractivity contribution is 5.65. The van der Waals surface area contributed by atoms with Gasteiger partial charge in [-0.3, -0.25) is 4.79 Å². The second-order valence-corrected chi connectivity index (χ2v) is 4.64. The SMILES string of the molecule is CC(=O)OCCCCCCCCC(C)C. The fourth-order valence-electron chi connectivity index (χ4n) is 1.58. The molecule has 0 bridgehead atoms. The molecule has 0 aromatic carbocycles. The maximum absolute atomic E-state index is 10.5. The Morgan fingerprint density at radius 1 is 1.00 bits per heavy atom. The topological polar surface area (TPSA) is 26.3 Å². The van der Waals surface area contributed by atoms with Gasteiger partial charge in [-0.05, 0) is 12.3 Å². The van der Waals surface area contributed by atoms with Crippen molar-refractivity contribution in [3.63, 3.8) is 0 Å². The maximum Gasteiger partial charge on any atom is 0.302 e. The number of carbonyl (C=O) groups is 1. The predicted octanol–water partition coefficient (Wildman–Crippen LogP) is 3.94. The summed E-state index contributed by atoms with van der Waals surface area (Å²) in [5.74, 6) is 0.681. The molecule has 0 N–H and O–H groups in total. The molecule has 0 saturated heterocycles. The third kappa shape index (κ3) is 13.5. The average Bonchev–Trinajstić information content (AvgIpc) is 2.14. The van der Waals surface area contributed by atoms with Gasteiger partial charge in [0.1, 0.15) is 0 Å². The molecule has 0 spiro atoms. The van der Waals surface area contributed by atoms with Crippen LogP contribution in [0, 0.1) is 5.92 Å². The molecule has 0 rings (SSSR count). The van der Waals surface area contributed by atoms with Crippen LogP contribution in [-0.4, -0.2) is 12.6 Å². The first-order valence-electron chi connectivity index (χ1n) is 6.26. The minimum Gasteiger partial charge on any atom is -0.466 e. The van der Waals surface area contributed by atoms with E-state index in [9.17, 15) is 4.79 Å². The fourth-order valence-corrected chi connectivity index (χ4v) is 1.58. The molecule has 0 aromatic rings. The zero-order chi connectivity index (χ0) is 11.5. The standard InChI is InChI=1S/C13H26O2/c1-12(2)10-8-6-4-5-7-9-11-15-13(3)14/h12H,4-11H2,1-3H3. The zero-order valence-corrected chi connectivity index (χ0v) is 10.6. The van der Waals surface area contributed by atoms with E-state index in [1.54, 1.807) is 0 Å². The Balaban J connectivity index is 2.96. The number of unbranched alkanes of at least 4 members (excludes halogenated alkanes) is 5. The summed E-state index contributed by atoms with van der Waals surface area (Å²) in [4.78, 5) is 10.5. The predicted molar refractivity (Wildman–Crippen MR) is 63.8 cm³/mol. The molecule has 0 atom stereocenters. The van der Waals surface area contributed by atoms with Crippen LogP contribution in [-0.2, 0) is 9.53 Å². The van der Waals surface area contributed by atoms with Crippen LogP contribution in [0.5, 0.6) is 0 Å². The largest absolute Gasteiger partial charge is 0.466 e. The second kappa shape index (κ2) is 10.0. The smallest absolute Gasteiger partial charge is 0.302 e. The lowest BCUT2D eigenvalue weighted by Crippen LogP contribution is -2.00. The van der Waals surface area contributed by atoms with Crippen molar-refractivity contribution in [2.45, 2.75) is 65.7 Å². The van der Waals surface area contributed by atoms with Crippen LogP contribution in [0.1, 0.15) is 65.7 Å². The minimum atomic E-state index is -0.160. The molecule has 0 aromatic heterocycles. The number of hydrogen-bond donors (Lipinski definition) is 0. The van der Waals surface area contributed by atoms with Gasteiger partial charge < -0.3 is 4.74 Å². The van der Waals surface area contributed by atoms with Gasteiger partial charge >= 0.3 is 5.97 Å². The van der Waals surface area contributed by atoms with Gasteiger partial charge in [-0.25, -0.2) is 0 Å². The van der Waals surface area contributed by atoms with E-state index in [-0.39, 0.29) is 5.97 Å². The molecule has 0 aliphatic rings. The molecule has 2 heteroatoms. The Morgan fingerprint density at radius 2 is 1.53 bits per heavy atom. The summed E-state index contributed by atoms with van der Waals surface area (Å²) in [5, 5.41) is 0. The first-order valence-corrected chi connectivity index (χ1v) is 6.26. The van der Waals surface area contributed by atoms with Crippen LogP contribution in [0.25, 0.3) is 0 Å². The van der Waals surface area contributed by atoms with Crippen molar-refractivity contribution in [3.05, 3.63) is 0 Å². The molecule has 15 heavy (non-hydrogen) atoms. The average molecular weight is 214 g/mol. The molecular formula is C13H26O2. The molecule has 90 valence electrons. The van der Waals surface area contributed by atoms with E-state index in [1.807, 2.05) is 0 Å². The van der Waals surface area contributed by atoms with Gasteiger partial charge in [0.25, 0.3) is 0 Å². The quantitative estimate of drug-likeness (QED) is 0.429. The van der Waals surface area contributed by atoms with Crippen molar-refractivity contribution in [1.29, 1.82) is 0 Å². The first kappa shape index (κ1) is 14.5. The van der Waals surface area contributed by atoms with Gasteiger partial charge in [0.05, 0.1) is 6.61 Å². The molecule has 0 radical (unpaired) electrons. The number of hydrogen-bond acceptors (Lipinski definition) is 2. The summed E-state index contributed by atoms with van der Waals surface area (Å²) in [6, 6.07) is 0. The van der Waals surface area contributed by atoms with E-state index in [4.69, 9.17) is 4.74 Å². The Morgan fingerprint density at radius 3 is 2.07 bits per heavy atom. The fraction of sp³-hybridized carbons (Fsp3) is 0.923. The lowest BCUT2D eigenvalue weighted by molar-refractivity contribution is -0.141. The van der Waals surface area contributed by atoms with Crippen LogP contribution in [0.4, 0.5) is 0 Å². The summed E-state index contributed by atoms with van der Waals surface area (Å²) < 4.78 is 4.86. The third-order valence-corrected chi connectivity index (χ3v) is 2.48. The summed E-state index contributed by atoms with van der Waals surface area (Å²) >= 11 is 0. The van der Waals surface area contributed by atoms with Crippen molar-refractivity contribution >= 4 is 5.97 Å². The summed E-state index contributed by atoms with van der Waals surface area (Å²) in [7, 11) is 0. The third-order valence-electron chi connectivity index (χ3n) is 2.48. The number of ether oxygens (including phenoxy) is 1. The van der Waals surface area contributed by atoms with Crippen molar-refractivity contribution in [2.75, 3.05) is 6.61 Å². The zero-order valence-electron chi connectivity index (χ0n) is 10.6. The maximum atomic E-state index is 10.5. The monoisotopic (exact) mass is 214 g/mol. The van der Waals surface area contributed by atoms with Crippen LogP contribution in [0.15, 0.2) is 0 Å². The van der Waals surface area contributed by atoms with E-state index in [1.165, 1.54) is 45.4 Å². The molecule has 0 fully saturated rings. The number of rotatable bonds is 9. The number of carbonyl (C=O) groups excluding carboxylic acids is 1. The van der Waals surface area contributed by atoms with Gasteiger partial charge in [0.15, 0.2) is 0 Å². The molecule has 0 amide bonds. The highest BCUT2D eigenvalue weighted by Crippen LogP contribution is 2.11. The molecule has 0 aliphatic heterocycles. The van der Waals surface area contributed by atoms with Gasteiger partial charge in [0, 0.05) is 6.92 Å². The Kier molecular flexibility index (Phi) is 9.65. The Labute approximate surface area is 94.4 Å². The lowest BCUT2D eigenvalue weighted by Gasteiger charge is -2.04. The Bertz CT molecular complexity index is 153. The van der Waals surface area contributed by atoms with Gasteiger partial charge in [-0.15, -0.1) is 0 Å². The van der Waals surface area contributed by atoms with E-state index in [0.717, 1.165) is 12.3 Å². The molecular weight excluding hydrogens is 188 g/mol. The van der Waals surface area contributed by atoms with Crippen molar-refractivity contribution in [1.82, 2.24) is 0 Å². The Hall–Kier alpha value is -0.530. The van der Waals surface area contributed by atoms with Crippen molar-refractivity contribution in [2.24, 2.45) is 5.92 Å². The van der Waals surface area contributed by atoms with E-state index >= 15 is 0 Å². The highest BCUT2D eigenvalue weighted by Gasteiger charge is 1.95. The molecule has 0 saturated carbocycles. The van der Waals surface area contributed by atoms with Crippen LogP contribution >= 0.6 is 0 Å². The second-order valence-electron chi connectivity index (χ2n) is 4.64. The highest BCUT2D eigenvalue weighted by atomic mass is 16.5. The van der Waals surface area contributed by atoms with Crippen molar-refractivity contribution < 1.29 is 9.53 Å². The summed E-state index contributed by atoms with van der Waals surface area (Å²) in [6.45, 7) is 6.62. The summed E-state index contributed by atoms with van der Waals surface area (Å²) in [6.07, 6.45) is 8.88. The van der Waals surface area contributed by atoms with E-state index in [0.29, 0.717) is 6.61 Å². The normalized spacial score (nSPS) is 10.7. The van der Waals surface area contributed by atoms with Gasteiger partial charge in [-0.1, -0.05) is 52.4 Å². The van der Waals surface area contributed by atoms with E-state index < -0.39 is 0 Å². The van der Waals surface area contributed by atoms with Gasteiger partial charge in [0.2, 0.25) is 0 Å². The number of esters is 1. The van der Waals surface area contributed by atoms with Gasteiger partial charge in [-0.2, -0.15) is 0 Å². The molecule has 0 heterocycles. The minimum absolute atomic E-state index is 0.160.